The van der Waals surface area contributed by atoms with Gasteiger partial charge in [-0.15, -0.1) is 0 Å². The smallest absolute Gasteiger partial charge is 0.239 e. The summed E-state index contributed by atoms with van der Waals surface area (Å²) >= 11 is 1.56. The minimum absolute atomic E-state index is 0.0756. The summed E-state index contributed by atoms with van der Waals surface area (Å²) < 4.78 is 0. The predicted octanol–water partition coefficient (Wildman–Crippen LogP) is -1.61. The number of rotatable bonds is 10. The van der Waals surface area contributed by atoms with Gasteiger partial charge < -0.3 is 21.7 Å². The number of hydrogen-bond acceptors (Lipinski definition) is 6. The van der Waals surface area contributed by atoms with Gasteiger partial charge in [0.05, 0.1) is 25.7 Å². The van der Waals surface area contributed by atoms with E-state index >= 15 is 0 Å². The van der Waals surface area contributed by atoms with Gasteiger partial charge in [-0.3, -0.25) is 19.2 Å². The Balaban J connectivity index is 3.86. The van der Waals surface area contributed by atoms with Crippen LogP contribution in [0.15, 0.2) is 0 Å². The van der Waals surface area contributed by atoms with Gasteiger partial charge in [0.2, 0.25) is 17.7 Å². The standard InChI is InChI=1S/C13H24N4O4S/c1-8(2)22-7-10(14)13(21)17-6-12(20)16-5-11(19)15-4-9(3)18/h8,10H,4-7,14H2,1-3H3,(H,15,19)(H,16,20)(H,17,21)/t10-/m1/s1. The van der Waals surface area contributed by atoms with Crippen molar-refractivity contribution in [3.8, 4) is 0 Å². The van der Waals surface area contributed by atoms with E-state index in [9.17, 15) is 19.2 Å². The maximum Gasteiger partial charge on any atom is 0.239 e. The van der Waals surface area contributed by atoms with Crippen LogP contribution in [0.4, 0.5) is 0 Å². The number of ketones is 1. The van der Waals surface area contributed by atoms with Crippen molar-refractivity contribution in [1.29, 1.82) is 0 Å². The molecule has 3 amide bonds. The molecule has 0 saturated carbocycles. The highest BCUT2D eigenvalue weighted by molar-refractivity contribution is 7.99. The van der Waals surface area contributed by atoms with Crippen LogP contribution in [0.1, 0.15) is 20.8 Å². The molecule has 0 aromatic carbocycles. The highest BCUT2D eigenvalue weighted by atomic mass is 32.2. The van der Waals surface area contributed by atoms with Gasteiger partial charge in [0, 0.05) is 5.75 Å². The van der Waals surface area contributed by atoms with Crippen LogP contribution in [0.5, 0.6) is 0 Å². The summed E-state index contributed by atoms with van der Waals surface area (Å²) in [6, 6.07) is -0.681. The van der Waals surface area contributed by atoms with Crippen LogP contribution in [-0.2, 0) is 19.2 Å². The molecule has 0 aliphatic heterocycles. The molecular weight excluding hydrogens is 308 g/mol. The van der Waals surface area contributed by atoms with Gasteiger partial charge >= 0.3 is 0 Å². The number of amides is 3. The second-order valence-electron chi connectivity index (χ2n) is 4.96. The van der Waals surface area contributed by atoms with Crippen LogP contribution in [0.3, 0.4) is 0 Å². The Hall–Kier alpha value is -1.61. The first-order valence-electron chi connectivity index (χ1n) is 6.90. The summed E-state index contributed by atoms with van der Waals surface area (Å²) in [7, 11) is 0. The van der Waals surface area contributed by atoms with Crippen molar-refractivity contribution in [3.63, 3.8) is 0 Å². The minimum Gasteiger partial charge on any atom is -0.348 e. The molecule has 0 aromatic heterocycles. The van der Waals surface area contributed by atoms with Gasteiger partial charge in [0.25, 0.3) is 0 Å². The van der Waals surface area contributed by atoms with Crippen molar-refractivity contribution >= 4 is 35.3 Å². The van der Waals surface area contributed by atoms with Crippen LogP contribution in [0.2, 0.25) is 0 Å². The molecular formula is C13H24N4O4S. The molecule has 1 atom stereocenters. The van der Waals surface area contributed by atoms with E-state index in [0.717, 1.165) is 0 Å². The maximum atomic E-state index is 11.6. The fraction of sp³-hybridized carbons (Fsp3) is 0.692. The lowest BCUT2D eigenvalue weighted by Gasteiger charge is -2.13. The fourth-order valence-electron chi connectivity index (χ4n) is 1.20. The van der Waals surface area contributed by atoms with Gasteiger partial charge in [-0.05, 0) is 12.2 Å². The first kappa shape index (κ1) is 20.4. The Morgan fingerprint density at radius 3 is 1.95 bits per heavy atom. The molecule has 0 bridgehead atoms. The number of nitrogens with two attached hydrogens (primary N) is 1. The molecule has 0 heterocycles. The third kappa shape index (κ3) is 11.1. The Kier molecular flexibility index (Phi) is 10.2. The average molecular weight is 332 g/mol. The minimum atomic E-state index is -0.681. The molecule has 0 aliphatic rings. The third-order valence-corrected chi connectivity index (χ3v) is 3.57. The Bertz CT molecular complexity index is 415. The van der Waals surface area contributed by atoms with E-state index < -0.39 is 23.8 Å². The van der Waals surface area contributed by atoms with Gasteiger partial charge in [-0.25, -0.2) is 0 Å². The fourth-order valence-corrected chi connectivity index (χ4v) is 1.94. The largest absolute Gasteiger partial charge is 0.348 e. The van der Waals surface area contributed by atoms with Crippen LogP contribution in [0.25, 0.3) is 0 Å². The van der Waals surface area contributed by atoms with Gasteiger partial charge in [0.15, 0.2) is 0 Å². The van der Waals surface area contributed by atoms with E-state index in [0.29, 0.717) is 11.0 Å². The molecule has 126 valence electrons. The Labute approximate surface area is 134 Å². The first-order valence-corrected chi connectivity index (χ1v) is 7.95. The molecule has 0 rings (SSSR count). The van der Waals surface area contributed by atoms with E-state index in [1.54, 1.807) is 11.8 Å². The SMILES string of the molecule is CC(=O)CNC(=O)CNC(=O)CNC(=O)[C@H](N)CSC(C)C. The molecule has 0 unspecified atom stereocenters. The van der Waals surface area contributed by atoms with Gasteiger partial charge in [-0.2, -0.15) is 11.8 Å². The van der Waals surface area contributed by atoms with Crippen LogP contribution >= 0.6 is 11.8 Å². The molecule has 9 heteroatoms. The lowest BCUT2D eigenvalue weighted by atomic mass is 10.3. The maximum absolute atomic E-state index is 11.6. The summed E-state index contributed by atoms with van der Waals surface area (Å²) in [6.07, 6.45) is 0. The van der Waals surface area contributed by atoms with E-state index in [4.69, 9.17) is 5.73 Å². The summed E-state index contributed by atoms with van der Waals surface area (Å²) in [5.41, 5.74) is 5.68. The zero-order valence-electron chi connectivity index (χ0n) is 13.1. The number of nitrogens with one attached hydrogen (secondary N) is 3. The second kappa shape index (κ2) is 11.0. The number of thioether (sulfide) groups is 1. The lowest BCUT2D eigenvalue weighted by molar-refractivity contribution is -0.128. The normalized spacial score (nSPS) is 11.7. The van der Waals surface area contributed by atoms with Gasteiger partial charge in [0.1, 0.15) is 5.78 Å². The zero-order valence-corrected chi connectivity index (χ0v) is 13.9. The van der Waals surface area contributed by atoms with Gasteiger partial charge in [-0.1, -0.05) is 13.8 Å². The van der Waals surface area contributed by atoms with Crippen molar-refractivity contribution in [2.45, 2.75) is 32.1 Å². The summed E-state index contributed by atoms with van der Waals surface area (Å²) in [4.78, 5) is 45.0. The van der Waals surface area contributed by atoms with Crippen LogP contribution in [-0.4, -0.2) is 60.2 Å². The highest BCUT2D eigenvalue weighted by Gasteiger charge is 2.15. The monoisotopic (exact) mass is 332 g/mol. The summed E-state index contributed by atoms with van der Waals surface area (Å²) in [6.45, 7) is 4.76. The topological polar surface area (TPSA) is 130 Å². The molecule has 0 aliphatic carbocycles. The molecule has 0 radical (unpaired) electrons. The van der Waals surface area contributed by atoms with Crippen molar-refractivity contribution in [3.05, 3.63) is 0 Å². The summed E-state index contributed by atoms with van der Waals surface area (Å²) in [5.74, 6) is -1.10. The number of carbonyl (C=O) groups excluding carboxylic acids is 4. The molecule has 0 saturated heterocycles. The quantitative estimate of drug-likeness (QED) is 0.381. The second-order valence-corrected chi connectivity index (χ2v) is 6.57. The van der Waals surface area contributed by atoms with Crippen molar-refractivity contribution < 1.29 is 19.2 Å². The number of hydrogen-bond donors (Lipinski definition) is 4. The zero-order chi connectivity index (χ0) is 17.1. The Morgan fingerprint density at radius 1 is 0.955 bits per heavy atom. The Morgan fingerprint density at radius 2 is 1.45 bits per heavy atom. The van der Waals surface area contributed by atoms with Crippen molar-refractivity contribution in [2.24, 2.45) is 5.73 Å². The van der Waals surface area contributed by atoms with Crippen LogP contribution in [0, 0.1) is 0 Å². The van der Waals surface area contributed by atoms with E-state index in [-0.39, 0.29) is 25.4 Å². The number of carbonyl (C=O) groups is 4. The van der Waals surface area contributed by atoms with E-state index in [1.807, 2.05) is 13.8 Å². The van der Waals surface area contributed by atoms with Crippen LogP contribution < -0.4 is 21.7 Å². The molecule has 22 heavy (non-hydrogen) atoms. The van der Waals surface area contributed by atoms with E-state index in [1.165, 1.54) is 6.92 Å². The van der Waals surface area contributed by atoms with Crippen molar-refractivity contribution in [1.82, 2.24) is 16.0 Å². The third-order valence-electron chi connectivity index (χ3n) is 2.35. The molecule has 8 nitrogen and oxygen atoms in total. The predicted molar refractivity (Wildman–Crippen MR) is 85.3 cm³/mol. The van der Waals surface area contributed by atoms with Crippen molar-refractivity contribution in [2.75, 3.05) is 25.4 Å². The van der Waals surface area contributed by atoms with E-state index in [2.05, 4.69) is 16.0 Å². The average Bonchev–Trinajstić information content (AvgIpc) is 2.45. The number of Topliss-reactive ketones (excluding diaryl/α,β-unsaturated/α-hetero) is 1. The first-order chi connectivity index (χ1) is 10.2. The highest BCUT2D eigenvalue weighted by Crippen LogP contribution is 2.09. The lowest BCUT2D eigenvalue weighted by Crippen LogP contribution is -2.47. The summed E-state index contributed by atoms with van der Waals surface area (Å²) in [5, 5.41) is 7.44. The molecule has 0 aromatic rings. The molecule has 0 spiro atoms. The molecule has 0 fully saturated rings. The molecule has 5 N–H and O–H groups in total.